The summed E-state index contributed by atoms with van der Waals surface area (Å²) in [7, 11) is 1.40. The summed E-state index contributed by atoms with van der Waals surface area (Å²) in [6.45, 7) is 0. The van der Waals surface area contributed by atoms with Gasteiger partial charge < -0.3 is 9.84 Å². The summed E-state index contributed by atoms with van der Waals surface area (Å²) in [4.78, 5) is 22.2. The van der Waals surface area contributed by atoms with Gasteiger partial charge in [-0.15, -0.1) is 0 Å². The van der Waals surface area contributed by atoms with Crippen LogP contribution in [-0.4, -0.2) is 29.3 Å². The molecule has 0 radical (unpaired) electrons. The molecule has 8 nitrogen and oxygen atoms in total. The molecule has 2 aromatic rings. The minimum Gasteiger partial charge on any atom is -0.504 e. The Morgan fingerprint density at radius 1 is 1.40 bits per heavy atom. The summed E-state index contributed by atoms with van der Waals surface area (Å²) in [5, 5.41) is 24.6. The van der Waals surface area contributed by atoms with Crippen LogP contribution in [0.1, 0.15) is 15.9 Å². The van der Waals surface area contributed by atoms with Crippen molar-refractivity contribution in [3.8, 4) is 11.5 Å². The molecule has 10 heteroatoms. The number of non-ortho nitro benzene ring substituents is 1. The van der Waals surface area contributed by atoms with Crippen LogP contribution in [0, 0.1) is 10.1 Å². The normalized spacial score (nSPS) is 10.7. The molecule has 2 N–H and O–H groups in total. The number of nitro groups is 1. The summed E-state index contributed by atoms with van der Waals surface area (Å²) >= 11 is 6.59. The van der Waals surface area contributed by atoms with Crippen LogP contribution in [0.25, 0.3) is 0 Å². The van der Waals surface area contributed by atoms with E-state index in [9.17, 15) is 20.0 Å². The molecule has 0 atom stereocenters. The molecule has 1 amide bonds. The minimum atomic E-state index is -0.627. The summed E-state index contributed by atoms with van der Waals surface area (Å²) in [5.74, 6) is -0.565. The number of benzene rings is 2. The van der Waals surface area contributed by atoms with Crippen molar-refractivity contribution in [2.45, 2.75) is 0 Å². The van der Waals surface area contributed by atoms with Gasteiger partial charge in [-0.2, -0.15) is 5.10 Å². The molecule has 0 aromatic heterocycles. The molecule has 2 rings (SSSR count). The minimum absolute atomic E-state index is 0.0847. The second kappa shape index (κ2) is 8.08. The number of rotatable bonds is 5. The van der Waals surface area contributed by atoms with E-state index < -0.39 is 10.8 Å². The molecule has 0 unspecified atom stereocenters. The lowest BCUT2D eigenvalue weighted by Gasteiger charge is -2.09. The Balaban J connectivity index is 2.21. The van der Waals surface area contributed by atoms with Gasteiger partial charge in [0, 0.05) is 26.6 Å². The molecule has 0 fully saturated rings. The topological polar surface area (TPSA) is 114 Å². The fourth-order valence-corrected chi connectivity index (χ4v) is 2.69. The zero-order valence-corrected chi connectivity index (χ0v) is 15.9. The van der Waals surface area contributed by atoms with Crippen LogP contribution in [0.3, 0.4) is 0 Å². The molecule has 130 valence electrons. The van der Waals surface area contributed by atoms with Gasteiger partial charge in [0.05, 0.1) is 23.8 Å². The van der Waals surface area contributed by atoms with Crippen molar-refractivity contribution >= 4 is 49.7 Å². The number of carbonyl (C=O) groups is 1. The van der Waals surface area contributed by atoms with Gasteiger partial charge in [0.25, 0.3) is 11.6 Å². The van der Waals surface area contributed by atoms with Crippen LogP contribution in [0.4, 0.5) is 5.69 Å². The molecule has 25 heavy (non-hydrogen) atoms. The molecule has 0 bridgehead atoms. The van der Waals surface area contributed by atoms with Crippen molar-refractivity contribution in [3.05, 3.63) is 60.5 Å². The van der Waals surface area contributed by atoms with E-state index in [4.69, 9.17) is 4.74 Å². The zero-order valence-electron chi connectivity index (χ0n) is 12.7. The Bertz CT molecular complexity index is 870. The lowest BCUT2D eigenvalue weighted by Crippen LogP contribution is -2.17. The van der Waals surface area contributed by atoms with Gasteiger partial charge in [-0.3, -0.25) is 14.9 Å². The van der Waals surface area contributed by atoms with Gasteiger partial charge in [0.15, 0.2) is 11.5 Å². The van der Waals surface area contributed by atoms with E-state index in [1.165, 1.54) is 31.5 Å². The number of ether oxygens (including phenoxy) is 1. The number of aromatic hydroxyl groups is 1. The van der Waals surface area contributed by atoms with E-state index in [0.29, 0.717) is 8.95 Å². The number of hydrogen-bond acceptors (Lipinski definition) is 6. The largest absolute Gasteiger partial charge is 0.504 e. The first-order valence-corrected chi connectivity index (χ1v) is 8.26. The molecule has 0 heterocycles. The fraction of sp³-hybridized carbons (Fsp3) is 0.0667. The van der Waals surface area contributed by atoms with E-state index in [-0.39, 0.29) is 28.3 Å². The van der Waals surface area contributed by atoms with E-state index >= 15 is 0 Å². The van der Waals surface area contributed by atoms with Gasteiger partial charge in [-0.05, 0) is 44.0 Å². The number of amides is 1. The van der Waals surface area contributed by atoms with E-state index in [0.717, 1.165) is 6.07 Å². The highest BCUT2D eigenvalue weighted by Crippen LogP contribution is 2.39. The Kier molecular flexibility index (Phi) is 6.10. The van der Waals surface area contributed by atoms with Crippen molar-refractivity contribution in [1.82, 2.24) is 5.43 Å². The first kappa shape index (κ1) is 18.9. The highest BCUT2D eigenvalue weighted by Gasteiger charge is 2.15. The highest BCUT2D eigenvalue weighted by atomic mass is 79.9. The van der Waals surface area contributed by atoms with E-state index in [1.54, 1.807) is 6.07 Å². The van der Waals surface area contributed by atoms with Gasteiger partial charge in [-0.25, -0.2) is 5.43 Å². The second-order valence-electron chi connectivity index (χ2n) is 4.64. The van der Waals surface area contributed by atoms with Crippen LogP contribution >= 0.6 is 31.9 Å². The number of nitrogens with one attached hydrogen (secondary N) is 1. The monoisotopic (exact) mass is 471 g/mol. The lowest BCUT2D eigenvalue weighted by molar-refractivity contribution is -0.384. The third kappa shape index (κ3) is 4.34. The fourth-order valence-electron chi connectivity index (χ4n) is 1.87. The molecule has 0 saturated carbocycles. The van der Waals surface area contributed by atoms with Gasteiger partial charge in [0.1, 0.15) is 0 Å². The van der Waals surface area contributed by atoms with Crippen LogP contribution in [0.15, 0.2) is 44.4 Å². The lowest BCUT2D eigenvalue weighted by atomic mass is 10.2. The number of hydrazone groups is 1. The first-order valence-electron chi connectivity index (χ1n) is 6.68. The number of nitro benzene ring substituents is 1. The van der Waals surface area contributed by atoms with Crippen LogP contribution in [0.2, 0.25) is 0 Å². The smallest absolute Gasteiger partial charge is 0.271 e. The standard InChI is InChI=1S/C15H11Br2N3O5/c1-25-12-6-11(16)13(17)10(14(12)21)7-18-19-15(22)8-3-2-4-9(5-8)20(23)24/h2-7,21H,1H3,(H,19,22)/b18-7-. The Hall–Kier alpha value is -2.46. The van der Waals surface area contributed by atoms with Crippen LogP contribution in [-0.2, 0) is 0 Å². The Labute approximate surface area is 158 Å². The first-order chi connectivity index (χ1) is 11.8. The molecule has 0 aliphatic carbocycles. The summed E-state index contributed by atoms with van der Waals surface area (Å²) in [6, 6.07) is 6.81. The molecular formula is C15H11Br2N3O5. The summed E-state index contributed by atoms with van der Waals surface area (Å²) < 4.78 is 6.17. The molecule has 0 spiro atoms. The molecule has 0 aliphatic rings. The highest BCUT2D eigenvalue weighted by molar-refractivity contribution is 9.13. The molecule has 0 saturated heterocycles. The van der Waals surface area contributed by atoms with Crippen molar-refractivity contribution in [1.29, 1.82) is 0 Å². The Morgan fingerprint density at radius 2 is 2.12 bits per heavy atom. The van der Waals surface area contributed by atoms with Crippen LogP contribution in [0.5, 0.6) is 11.5 Å². The van der Waals surface area contributed by atoms with Gasteiger partial charge in [0.2, 0.25) is 0 Å². The maximum atomic E-state index is 12.0. The number of nitrogens with zero attached hydrogens (tertiary/aromatic N) is 2. The predicted octanol–water partition coefficient (Wildman–Crippen LogP) is 3.60. The maximum absolute atomic E-state index is 12.0. The molecule has 0 aliphatic heterocycles. The molecule has 2 aromatic carbocycles. The van der Waals surface area contributed by atoms with Crippen LogP contribution < -0.4 is 10.2 Å². The predicted molar refractivity (Wildman–Crippen MR) is 98.2 cm³/mol. The zero-order chi connectivity index (χ0) is 18.6. The average molecular weight is 473 g/mol. The number of hydrogen-bond donors (Lipinski definition) is 2. The average Bonchev–Trinajstić information content (AvgIpc) is 2.60. The SMILES string of the molecule is COc1cc(Br)c(Br)c(/C=N\NC(=O)c2cccc([N+](=O)[O-])c2)c1O. The third-order valence-corrected chi connectivity index (χ3v) is 5.10. The summed E-state index contributed by atoms with van der Waals surface area (Å²) in [6.07, 6.45) is 1.22. The maximum Gasteiger partial charge on any atom is 0.271 e. The number of phenolic OH excluding ortho intramolecular Hbond substituents is 1. The quantitative estimate of drug-likeness (QED) is 0.392. The number of carbonyl (C=O) groups excluding carboxylic acids is 1. The van der Waals surface area contributed by atoms with E-state index in [2.05, 4.69) is 42.4 Å². The summed E-state index contributed by atoms with van der Waals surface area (Å²) in [5.41, 5.74) is 2.41. The number of halogens is 2. The van der Waals surface area contributed by atoms with Gasteiger partial charge >= 0.3 is 0 Å². The molecular weight excluding hydrogens is 462 g/mol. The van der Waals surface area contributed by atoms with Gasteiger partial charge in [-0.1, -0.05) is 6.07 Å². The number of methoxy groups -OCH3 is 1. The van der Waals surface area contributed by atoms with Crippen molar-refractivity contribution in [3.63, 3.8) is 0 Å². The number of phenols is 1. The van der Waals surface area contributed by atoms with Crippen molar-refractivity contribution in [2.75, 3.05) is 7.11 Å². The van der Waals surface area contributed by atoms with E-state index in [1.807, 2.05) is 0 Å². The second-order valence-corrected chi connectivity index (χ2v) is 6.29. The Morgan fingerprint density at radius 3 is 2.76 bits per heavy atom. The van der Waals surface area contributed by atoms with Crippen molar-refractivity contribution in [2.24, 2.45) is 5.10 Å². The third-order valence-electron chi connectivity index (χ3n) is 3.09. The van der Waals surface area contributed by atoms with Crippen molar-refractivity contribution < 1.29 is 19.6 Å².